The number of halogens is 1. The van der Waals surface area contributed by atoms with Crippen LogP contribution >= 0.6 is 15.9 Å². The first-order chi connectivity index (χ1) is 10.0. The van der Waals surface area contributed by atoms with E-state index < -0.39 is 10.0 Å². The molecule has 114 valence electrons. The van der Waals surface area contributed by atoms with Gasteiger partial charge in [-0.05, 0) is 43.3 Å². The van der Waals surface area contributed by atoms with Gasteiger partial charge in [-0.3, -0.25) is 4.72 Å². The van der Waals surface area contributed by atoms with Gasteiger partial charge in [0.2, 0.25) is 5.09 Å². The first-order valence-corrected chi connectivity index (χ1v) is 8.86. The van der Waals surface area contributed by atoms with Crippen LogP contribution in [0.1, 0.15) is 19.1 Å². The van der Waals surface area contributed by atoms with Crippen LogP contribution in [0.5, 0.6) is 0 Å². The molecule has 0 saturated heterocycles. The van der Waals surface area contributed by atoms with Crippen molar-refractivity contribution in [3.8, 4) is 0 Å². The van der Waals surface area contributed by atoms with Crippen molar-refractivity contribution in [2.24, 2.45) is 0 Å². The van der Waals surface area contributed by atoms with Gasteiger partial charge < -0.3 is 9.73 Å². The highest BCUT2D eigenvalue weighted by atomic mass is 79.9. The summed E-state index contributed by atoms with van der Waals surface area (Å²) in [6.45, 7) is 3.44. The van der Waals surface area contributed by atoms with Gasteiger partial charge in [0.25, 0.3) is 10.0 Å². The SMILES string of the molecule is CCCNCc1ccc(S(=O)(=O)Nc2cccc(Br)c2)o1. The minimum atomic E-state index is -3.71. The second-order valence-corrected chi connectivity index (χ2v) is 7.04. The zero-order valence-electron chi connectivity index (χ0n) is 11.6. The van der Waals surface area contributed by atoms with Crippen LogP contribution in [0.15, 0.2) is 50.4 Å². The summed E-state index contributed by atoms with van der Waals surface area (Å²) in [7, 11) is -3.71. The smallest absolute Gasteiger partial charge is 0.295 e. The Bertz CT molecular complexity index is 698. The highest BCUT2D eigenvalue weighted by Crippen LogP contribution is 2.21. The monoisotopic (exact) mass is 372 g/mol. The number of furan rings is 1. The van der Waals surface area contributed by atoms with Crippen LogP contribution in [0.25, 0.3) is 0 Å². The fourth-order valence-electron chi connectivity index (χ4n) is 1.74. The Morgan fingerprint density at radius 1 is 1.24 bits per heavy atom. The van der Waals surface area contributed by atoms with Crippen LogP contribution in [0.4, 0.5) is 5.69 Å². The van der Waals surface area contributed by atoms with Crippen LogP contribution in [0.2, 0.25) is 0 Å². The lowest BCUT2D eigenvalue weighted by Gasteiger charge is -2.06. The lowest BCUT2D eigenvalue weighted by molar-refractivity contribution is 0.403. The van der Waals surface area contributed by atoms with E-state index in [0.717, 1.165) is 17.4 Å². The van der Waals surface area contributed by atoms with E-state index in [1.807, 2.05) is 6.07 Å². The maximum atomic E-state index is 12.2. The highest BCUT2D eigenvalue weighted by molar-refractivity contribution is 9.10. The lowest BCUT2D eigenvalue weighted by atomic mass is 10.3. The molecule has 0 aliphatic rings. The minimum absolute atomic E-state index is 0.0872. The predicted octanol–water partition coefficient (Wildman–Crippen LogP) is 3.34. The van der Waals surface area contributed by atoms with E-state index >= 15 is 0 Å². The van der Waals surface area contributed by atoms with Crippen molar-refractivity contribution in [2.75, 3.05) is 11.3 Å². The molecule has 0 saturated carbocycles. The van der Waals surface area contributed by atoms with Crippen LogP contribution in [0.3, 0.4) is 0 Å². The van der Waals surface area contributed by atoms with Crippen molar-refractivity contribution >= 4 is 31.6 Å². The van der Waals surface area contributed by atoms with Crippen molar-refractivity contribution in [1.82, 2.24) is 5.32 Å². The fourth-order valence-corrected chi connectivity index (χ4v) is 3.14. The van der Waals surface area contributed by atoms with Crippen molar-refractivity contribution in [3.05, 3.63) is 46.6 Å². The van der Waals surface area contributed by atoms with Gasteiger partial charge in [-0.15, -0.1) is 0 Å². The summed E-state index contributed by atoms with van der Waals surface area (Å²) < 4.78 is 33.1. The van der Waals surface area contributed by atoms with Gasteiger partial charge in [0.15, 0.2) is 0 Å². The molecule has 1 aromatic heterocycles. The summed E-state index contributed by atoms with van der Waals surface area (Å²) in [5, 5.41) is 3.07. The first kappa shape index (κ1) is 16.1. The van der Waals surface area contributed by atoms with Gasteiger partial charge >= 0.3 is 0 Å². The molecule has 0 unspecified atom stereocenters. The van der Waals surface area contributed by atoms with Gasteiger partial charge in [0.1, 0.15) is 5.76 Å². The molecule has 0 aliphatic carbocycles. The van der Waals surface area contributed by atoms with Gasteiger partial charge in [0, 0.05) is 4.47 Å². The van der Waals surface area contributed by atoms with Crippen LogP contribution in [-0.2, 0) is 16.6 Å². The summed E-state index contributed by atoms with van der Waals surface area (Å²) in [4.78, 5) is 0. The predicted molar refractivity (Wildman–Crippen MR) is 85.7 cm³/mol. The molecule has 7 heteroatoms. The molecule has 0 bridgehead atoms. The number of anilines is 1. The third-order valence-electron chi connectivity index (χ3n) is 2.70. The molecule has 1 heterocycles. The number of hydrogen-bond donors (Lipinski definition) is 2. The Labute approximate surface area is 132 Å². The number of rotatable bonds is 7. The van der Waals surface area contributed by atoms with E-state index in [4.69, 9.17) is 4.42 Å². The van der Waals surface area contributed by atoms with E-state index in [1.165, 1.54) is 6.07 Å². The van der Waals surface area contributed by atoms with Crippen molar-refractivity contribution in [2.45, 2.75) is 25.0 Å². The number of hydrogen-bond acceptors (Lipinski definition) is 4. The molecule has 0 amide bonds. The Kier molecular flexibility index (Phi) is 5.44. The normalized spacial score (nSPS) is 11.5. The third kappa shape index (κ3) is 4.59. The molecular formula is C14H17BrN2O3S. The van der Waals surface area contributed by atoms with Crippen molar-refractivity contribution in [1.29, 1.82) is 0 Å². The number of sulfonamides is 1. The molecule has 5 nitrogen and oxygen atoms in total. The quantitative estimate of drug-likeness (QED) is 0.731. The zero-order valence-corrected chi connectivity index (χ0v) is 14.0. The molecular weight excluding hydrogens is 356 g/mol. The molecule has 0 spiro atoms. The molecule has 1 aromatic carbocycles. The van der Waals surface area contributed by atoms with Crippen LogP contribution in [-0.4, -0.2) is 15.0 Å². The van der Waals surface area contributed by atoms with E-state index in [9.17, 15) is 8.42 Å². The van der Waals surface area contributed by atoms with Gasteiger partial charge in [-0.25, -0.2) is 0 Å². The van der Waals surface area contributed by atoms with Gasteiger partial charge in [-0.2, -0.15) is 8.42 Å². The maximum absolute atomic E-state index is 12.2. The molecule has 2 N–H and O–H groups in total. The van der Waals surface area contributed by atoms with Crippen LogP contribution < -0.4 is 10.0 Å². The third-order valence-corrected chi connectivity index (χ3v) is 4.45. The number of benzene rings is 1. The van der Waals surface area contributed by atoms with Gasteiger partial charge in [-0.1, -0.05) is 28.9 Å². The standard InChI is InChI=1S/C14H17BrN2O3S/c1-2-8-16-10-13-6-7-14(20-13)21(18,19)17-12-5-3-4-11(15)9-12/h3-7,9,16-17H,2,8,10H2,1H3. The molecule has 2 aromatic rings. The second-order valence-electron chi connectivity index (χ2n) is 4.51. The Morgan fingerprint density at radius 3 is 2.76 bits per heavy atom. The van der Waals surface area contributed by atoms with E-state index in [-0.39, 0.29) is 5.09 Å². The second kappa shape index (κ2) is 7.11. The van der Waals surface area contributed by atoms with Crippen molar-refractivity contribution in [3.63, 3.8) is 0 Å². The van der Waals surface area contributed by atoms with Crippen molar-refractivity contribution < 1.29 is 12.8 Å². The van der Waals surface area contributed by atoms with E-state index in [1.54, 1.807) is 24.3 Å². The molecule has 21 heavy (non-hydrogen) atoms. The summed E-state index contributed by atoms with van der Waals surface area (Å²) in [5.41, 5.74) is 0.478. The average molecular weight is 373 g/mol. The molecule has 0 radical (unpaired) electrons. The number of nitrogens with one attached hydrogen (secondary N) is 2. The maximum Gasteiger partial charge on any atom is 0.295 e. The van der Waals surface area contributed by atoms with Crippen LogP contribution in [0, 0.1) is 0 Å². The van der Waals surface area contributed by atoms with E-state index in [2.05, 4.69) is 32.9 Å². The molecule has 2 rings (SSSR count). The average Bonchev–Trinajstić information content (AvgIpc) is 2.88. The molecule has 0 fully saturated rings. The summed E-state index contributed by atoms with van der Waals surface area (Å²) in [5.74, 6) is 0.595. The summed E-state index contributed by atoms with van der Waals surface area (Å²) in [6.07, 6.45) is 1.01. The largest absolute Gasteiger partial charge is 0.446 e. The zero-order chi connectivity index (χ0) is 15.3. The Balaban J connectivity index is 2.09. The fraction of sp³-hybridized carbons (Fsp3) is 0.286. The topological polar surface area (TPSA) is 71.3 Å². The van der Waals surface area contributed by atoms with E-state index in [0.29, 0.717) is 18.0 Å². The van der Waals surface area contributed by atoms with Gasteiger partial charge in [0.05, 0.1) is 12.2 Å². The Hall–Kier alpha value is -1.31. The molecule has 0 atom stereocenters. The summed E-state index contributed by atoms with van der Waals surface area (Å²) in [6, 6.07) is 10.1. The highest BCUT2D eigenvalue weighted by Gasteiger charge is 2.18. The minimum Gasteiger partial charge on any atom is -0.446 e. The summed E-state index contributed by atoms with van der Waals surface area (Å²) >= 11 is 3.30. The molecule has 0 aliphatic heterocycles. The Morgan fingerprint density at radius 2 is 2.05 bits per heavy atom. The first-order valence-electron chi connectivity index (χ1n) is 6.59. The lowest BCUT2D eigenvalue weighted by Crippen LogP contribution is -2.14.